The van der Waals surface area contributed by atoms with Gasteiger partial charge in [0.1, 0.15) is 0 Å². The average molecular weight is 305 g/mol. The number of hydrogen-bond donors (Lipinski definition) is 3. The van der Waals surface area contributed by atoms with E-state index in [1.807, 2.05) is 32.9 Å². The topological polar surface area (TPSA) is 61.4 Å². The molecule has 6 heteroatoms. The maximum Gasteiger partial charge on any atom is 0.315 e. The summed E-state index contributed by atoms with van der Waals surface area (Å²) in [4.78, 5) is 12.8. The Bertz CT molecular complexity index is 421. The molecule has 0 bridgehead atoms. The van der Waals surface area contributed by atoms with E-state index in [0.717, 1.165) is 4.88 Å². The lowest BCUT2D eigenvalue weighted by Gasteiger charge is -2.24. The van der Waals surface area contributed by atoms with Crippen molar-refractivity contribution in [3.05, 3.63) is 21.3 Å². The zero-order chi connectivity index (χ0) is 14.5. The maximum absolute atomic E-state index is 11.8. The number of hydrogen-bond acceptors (Lipinski definition) is 3. The molecule has 0 saturated heterocycles. The van der Waals surface area contributed by atoms with Crippen molar-refractivity contribution in [3.8, 4) is 0 Å². The van der Waals surface area contributed by atoms with Gasteiger partial charge < -0.3 is 15.7 Å². The second kappa shape index (κ2) is 7.12. The van der Waals surface area contributed by atoms with E-state index in [4.69, 9.17) is 16.7 Å². The van der Waals surface area contributed by atoms with Crippen molar-refractivity contribution in [2.75, 3.05) is 13.2 Å². The van der Waals surface area contributed by atoms with Gasteiger partial charge in [-0.2, -0.15) is 0 Å². The van der Waals surface area contributed by atoms with Gasteiger partial charge in [-0.15, -0.1) is 11.3 Å². The van der Waals surface area contributed by atoms with Crippen LogP contribution in [-0.2, 0) is 0 Å². The molecule has 3 N–H and O–H groups in total. The van der Waals surface area contributed by atoms with E-state index in [9.17, 15) is 4.79 Å². The van der Waals surface area contributed by atoms with E-state index >= 15 is 0 Å². The van der Waals surface area contributed by atoms with Gasteiger partial charge >= 0.3 is 6.03 Å². The third-order valence-electron chi connectivity index (χ3n) is 2.88. The molecule has 4 nitrogen and oxygen atoms in total. The van der Waals surface area contributed by atoms with E-state index in [0.29, 0.717) is 17.3 Å². The molecule has 2 amide bonds. The van der Waals surface area contributed by atoms with E-state index in [1.54, 1.807) is 0 Å². The summed E-state index contributed by atoms with van der Waals surface area (Å²) in [6.45, 7) is 6.58. The van der Waals surface area contributed by atoms with Crippen LogP contribution in [0.25, 0.3) is 0 Å². The summed E-state index contributed by atoms with van der Waals surface area (Å²) in [6.07, 6.45) is 0.656. The third kappa shape index (κ3) is 5.80. The number of rotatable bonds is 6. The van der Waals surface area contributed by atoms with Gasteiger partial charge in [-0.25, -0.2) is 4.79 Å². The molecule has 108 valence electrons. The summed E-state index contributed by atoms with van der Waals surface area (Å²) in [5.41, 5.74) is -0.110. The van der Waals surface area contributed by atoms with Gasteiger partial charge in [0, 0.05) is 18.0 Å². The van der Waals surface area contributed by atoms with Crippen LogP contribution in [0.15, 0.2) is 12.1 Å². The lowest BCUT2D eigenvalue weighted by molar-refractivity contribution is 0.200. The number of halogens is 1. The molecule has 0 saturated carbocycles. The van der Waals surface area contributed by atoms with Crippen LogP contribution in [0, 0.1) is 5.41 Å². The monoisotopic (exact) mass is 304 g/mol. The molecule has 0 aliphatic rings. The third-order valence-corrected chi connectivity index (χ3v) is 4.30. The van der Waals surface area contributed by atoms with Crippen LogP contribution in [0.4, 0.5) is 4.79 Å². The van der Waals surface area contributed by atoms with Gasteiger partial charge in [0.2, 0.25) is 0 Å². The summed E-state index contributed by atoms with van der Waals surface area (Å²) in [6, 6.07) is 3.46. The number of aliphatic hydroxyl groups is 1. The SMILES string of the molecule is CC(NC(=O)NCC(C)(C)CCO)c1ccc(Cl)s1. The normalized spacial score (nSPS) is 13.1. The van der Waals surface area contributed by atoms with Crippen LogP contribution in [0.3, 0.4) is 0 Å². The number of carbonyl (C=O) groups is 1. The van der Waals surface area contributed by atoms with E-state index in [1.165, 1.54) is 11.3 Å². The van der Waals surface area contributed by atoms with Crippen LogP contribution < -0.4 is 10.6 Å². The first-order valence-corrected chi connectivity index (χ1v) is 7.44. The smallest absolute Gasteiger partial charge is 0.315 e. The van der Waals surface area contributed by atoms with Crippen molar-refractivity contribution in [1.82, 2.24) is 10.6 Å². The minimum atomic E-state index is -0.206. The minimum absolute atomic E-state index is 0.0709. The first kappa shape index (κ1) is 16.3. The molecule has 1 unspecified atom stereocenters. The highest BCUT2D eigenvalue weighted by Gasteiger charge is 2.19. The van der Waals surface area contributed by atoms with Gasteiger partial charge in [0.05, 0.1) is 10.4 Å². The number of aliphatic hydroxyl groups excluding tert-OH is 1. The molecular weight excluding hydrogens is 284 g/mol. The molecule has 1 heterocycles. The molecule has 1 aromatic rings. The average Bonchev–Trinajstić information content (AvgIpc) is 2.73. The molecule has 0 spiro atoms. The van der Waals surface area contributed by atoms with Crippen LogP contribution in [0.5, 0.6) is 0 Å². The molecule has 0 aliphatic carbocycles. The van der Waals surface area contributed by atoms with Crippen LogP contribution >= 0.6 is 22.9 Å². The predicted molar refractivity (Wildman–Crippen MR) is 79.8 cm³/mol. The van der Waals surface area contributed by atoms with E-state index < -0.39 is 0 Å². The van der Waals surface area contributed by atoms with Gasteiger partial charge in [-0.05, 0) is 30.9 Å². The summed E-state index contributed by atoms with van der Waals surface area (Å²) >= 11 is 7.32. The maximum atomic E-state index is 11.8. The highest BCUT2D eigenvalue weighted by molar-refractivity contribution is 7.16. The summed E-state index contributed by atoms with van der Waals surface area (Å²) in [7, 11) is 0. The lowest BCUT2D eigenvalue weighted by atomic mass is 9.90. The number of thiophene rings is 1. The standard InChI is InChI=1S/C13H21ClN2O2S/c1-9(10-4-5-11(14)19-10)16-12(18)15-8-13(2,3)6-7-17/h4-5,9,17H,6-8H2,1-3H3,(H2,15,16,18). The predicted octanol–water partition coefficient (Wildman–Crippen LogP) is 3.17. The minimum Gasteiger partial charge on any atom is -0.396 e. The fraction of sp³-hybridized carbons (Fsp3) is 0.615. The van der Waals surface area contributed by atoms with Crippen LogP contribution in [-0.4, -0.2) is 24.3 Å². The zero-order valence-electron chi connectivity index (χ0n) is 11.5. The molecule has 1 aromatic heterocycles. The fourth-order valence-electron chi connectivity index (χ4n) is 1.59. The molecule has 0 aromatic carbocycles. The van der Waals surface area contributed by atoms with Gasteiger partial charge in [-0.1, -0.05) is 25.4 Å². The zero-order valence-corrected chi connectivity index (χ0v) is 13.1. The second-order valence-electron chi connectivity index (χ2n) is 5.33. The Labute approximate surface area is 123 Å². The summed E-state index contributed by atoms with van der Waals surface area (Å²) < 4.78 is 0.716. The van der Waals surface area contributed by atoms with E-state index in [2.05, 4.69) is 10.6 Å². The van der Waals surface area contributed by atoms with Gasteiger partial charge in [0.15, 0.2) is 0 Å². The number of amides is 2. The van der Waals surface area contributed by atoms with Crippen molar-refractivity contribution < 1.29 is 9.90 Å². The first-order valence-electron chi connectivity index (χ1n) is 6.24. The van der Waals surface area contributed by atoms with Crippen molar-refractivity contribution >= 4 is 29.0 Å². The molecule has 0 radical (unpaired) electrons. The number of carbonyl (C=O) groups excluding carboxylic acids is 1. The molecule has 1 atom stereocenters. The number of urea groups is 1. The Morgan fingerprint density at radius 1 is 1.53 bits per heavy atom. The van der Waals surface area contributed by atoms with E-state index in [-0.39, 0.29) is 24.1 Å². The molecular formula is C13H21ClN2O2S. The van der Waals surface area contributed by atoms with Crippen molar-refractivity contribution in [2.24, 2.45) is 5.41 Å². The van der Waals surface area contributed by atoms with Crippen molar-refractivity contribution in [1.29, 1.82) is 0 Å². The first-order chi connectivity index (χ1) is 8.84. The summed E-state index contributed by atoms with van der Waals surface area (Å²) in [5.74, 6) is 0. The Kier molecular flexibility index (Phi) is 6.10. The lowest BCUT2D eigenvalue weighted by Crippen LogP contribution is -2.41. The quantitative estimate of drug-likeness (QED) is 0.756. The van der Waals surface area contributed by atoms with Crippen molar-refractivity contribution in [2.45, 2.75) is 33.2 Å². The van der Waals surface area contributed by atoms with Gasteiger partial charge in [0.25, 0.3) is 0 Å². The highest BCUT2D eigenvalue weighted by Crippen LogP contribution is 2.26. The second-order valence-corrected chi connectivity index (χ2v) is 7.08. The Hall–Kier alpha value is -0.780. The molecule has 19 heavy (non-hydrogen) atoms. The number of nitrogens with one attached hydrogen (secondary N) is 2. The fourth-order valence-corrected chi connectivity index (χ4v) is 2.65. The Morgan fingerprint density at radius 3 is 2.74 bits per heavy atom. The van der Waals surface area contributed by atoms with Gasteiger partial charge in [-0.3, -0.25) is 0 Å². The largest absolute Gasteiger partial charge is 0.396 e. The summed E-state index contributed by atoms with van der Waals surface area (Å²) in [5, 5.41) is 14.6. The Balaban J connectivity index is 2.39. The molecule has 0 aliphatic heterocycles. The van der Waals surface area contributed by atoms with Crippen LogP contribution in [0.2, 0.25) is 4.34 Å². The molecule has 0 fully saturated rings. The molecule has 1 rings (SSSR count). The highest BCUT2D eigenvalue weighted by atomic mass is 35.5. The Morgan fingerprint density at radius 2 is 2.21 bits per heavy atom. The van der Waals surface area contributed by atoms with Crippen molar-refractivity contribution in [3.63, 3.8) is 0 Å². The van der Waals surface area contributed by atoms with Crippen LogP contribution in [0.1, 0.15) is 38.1 Å².